The number of hydrogen-bond donors (Lipinski definition) is 0. The molecule has 0 atom stereocenters. The summed E-state index contributed by atoms with van der Waals surface area (Å²) in [6, 6.07) is 23.4. The van der Waals surface area contributed by atoms with Crippen molar-refractivity contribution in [3.05, 3.63) is 88.8 Å². The fourth-order valence-corrected chi connectivity index (χ4v) is 3.97. The second-order valence-corrected chi connectivity index (χ2v) is 7.15. The minimum atomic E-state index is -0.409. The number of nitrogens with zero attached hydrogens (tertiary/aromatic N) is 3. The molecular weight excluding hydrogens is 362 g/mol. The van der Waals surface area contributed by atoms with E-state index in [1.165, 1.54) is 0 Å². The molecule has 0 fully saturated rings. The molecule has 0 radical (unpaired) electrons. The van der Waals surface area contributed by atoms with Crippen LogP contribution in [0.1, 0.15) is 5.56 Å². The van der Waals surface area contributed by atoms with Gasteiger partial charge in [-0.3, -0.25) is 4.40 Å². The van der Waals surface area contributed by atoms with Crippen molar-refractivity contribution in [1.29, 1.82) is 0 Å². The zero-order chi connectivity index (χ0) is 19.5. The lowest BCUT2D eigenvalue weighted by molar-refractivity contribution is 0.560. The molecule has 0 bridgehead atoms. The number of benzene rings is 3. The molecule has 0 aliphatic heterocycles. The van der Waals surface area contributed by atoms with Gasteiger partial charge in [-0.05, 0) is 42.8 Å². The first-order valence-corrected chi connectivity index (χ1v) is 9.40. The number of rotatable bonds is 1. The summed E-state index contributed by atoms with van der Waals surface area (Å²) >= 11 is 0. The van der Waals surface area contributed by atoms with E-state index in [1.54, 1.807) is 0 Å². The van der Waals surface area contributed by atoms with Crippen LogP contribution in [-0.4, -0.2) is 14.4 Å². The highest BCUT2D eigenvalue weighted by molar-refractivity contribution is 5.98. The number of aryl methyl sites for hydroxylation is 1. The van der Waals surface area contributed by atoms with Gasteiger partial charge in [0.25, 0.3) is 0 Å². The predicted octanol–water partition coefficient (Wildman–Crippen LogP) is 5.12. The molecule has 0 aliphatic carbocycles. The molecular formula is C24H15N3O2. The van der Waals surface area contributed by atoms with Gasteiger partial charge in [-0.25, -0.2) is 14.8 Å². The third kappa shape index (κ3) is 2.24. The molecule has 5 nitrogen and oxygen atoms in total. The number of hydrogen-bond acceptors (Lipinski definition) is 4. The minimum Gasteiger partial charge on any atom is -0.422 e. The van der Waals surface area contributed by atoms with E-state index < -0.39 is 5.63 Å². The largest absolute Gasteiger partial charge is 0.422 e. The van der Waals surface area contributed by atoms with Crippen LogP contribution in [0.5, 0.6) is 0 Å². The summed E-state index contributed by atoms with van der Waals surface area (Å²) < 4.78 is 7.65. The van der Waals surface area contributed by atoms with Gasteiger partial charge in [0.15, 0.2) is 5.82 Å². The van der Waals surface area contributed by atoms with E-state index in [0.29, 0.717) is 17.0 Å². The number of fused-ring (bicyclic) bond motifs is 6. The Hall–Kier alpha value is -3.99. The maximum atomic E-state index is 13.0. The lowest BCUT2D eigenvalue weighted by atomic mass is 10.1. The van der Waals surface area contributed by atoms with E-state index in [0.717, 1.165) is 38.5 Å². The second kappa shape index (κ2) is 5.75. The Balaban J connectivity index is 1.83. The van der Waals surface area contributed by atoms with Crippen LogP contribution in [0.2, 0.25) is 0 Å². The molecule has 3 aromatic carbocycles. The Morgan fingerprint density at radius 3 is 2.55 bits per heavy atom. The van der Waals surface area contributed by atoms with Crippen LogP contribution in [0, 0.1) is 6.92 Å². The molecule has 0 saturated heterocycles. The highest BCUT2D eigenvalue weighted by Gasteiger charge is 2.18. The van der Waals surface area contributed by atoms with Crippen LogP contribution in [0.15, 0.2) is 82.0 Å². The lowest BCUT2D eigenvalue weighted by Crippen LogP contribution is -2.08. The monoisotopic (exact) mass is 377 g/mol. The van der Waals surface area contributed by atoms with Gasteiger partial charge in [0, 0.05) is 10.8 Å². The van der Waals surface area contributed by atoms with E-state index in [2.05, 4.69) is 0 Å². The maximum Gasteiger partial charge on any atom is 0.347 e. The summed E-state index contributed by atoms with van der Waals surface area (Å²) in [5.41, 5.74) is 4.86. The molecule has 6 aromatic rings. The molecule has 0 amide bonds. The molecule has 0 N–H and O–H groups in total. The highest BCUT2D eigenvalue weighted by atomic mass is 16.4. The first-order chi connectivity index (χ1) is 14.2. The van der Waals surface area contributed by atoms with Crippen molar-refractivity contribution in [3.8, 4) is 11.4 Å². The summed E-state index contributed by atoms with van der Waals surface area (Å²) in [5, 5.41) is 1.81. The number of aromatic nitrogens is 3. The fourth-order valence-electron chi connectivity index (χ4n) is 3.97. The predicted molar refractivity (Wildman–Crippen MR) is 114 cm³/mol. The molecule has 6 rings (SSSR count). The summed E-state index contributed by atoms with van der Waals surface area (Å²) in [7, 11) is 0. The minimum absolute atomic E-state index is 0.409. The molecule has 0 aliphatic rings. The van der Waals surface area contributed by atoms with Gasteiger partial charge < -0.3 is 4.42 Å². The summed E-state index contributed by atoms with van der Waals surface area (Å²) in [4.78, 5) is 22.7. The molecule has 3 heterocycles. The Kier molecular flexibility index (Phi) is 3.18. The third-order valence-corrected chi connectivity index (χ3v) is 5.34. The van der Waals surface area contributed by atoms with Crippen molar-refractivity contribution in [1.82, 2.24) is 14.4 Å². The van der Waals surface area contributed by atoms with Crippen molar-refractivity contribution in [3.63, 3.8) is 0 Å². The molecule has 3 aromatic heterocycles. The Labute approximate surface area is 164 Å². The van der Waals surface area contributed by atoms with E-state index >= 15 is 0 Å². The van der Waals surface area contributed by atoms with E-state index in [9.17, 15) is 4.79 Å². The SMILES string of the molecule is Cc1cccc2cc(-c3nc4ccccc4c4nc5ccccc5n34)c(=O)oc12. The summed E-state index contributed by atoms with van der Waals surface area (Å²) in [5.74, 6) is 0.532. The van der Waals surface area contributed by atoms with Crippen molar-refractivity contribution in [2.45, 2.75) is 6.92 Å². The zero-order valence-electron chi connectivity index (χ0n) is 15.6. The third-order valence-electron chi connectivity index (χ3n) is 5.34. The van der Waals surface area contributed by atoms with E-state index in [4.69, 9.17) is 14.4 Å². The van der Waals surface area contributed by atoms with Gasteiger partial charge in [0.05, 0.1) is 16.6 Å². The average molecular weight is 377 g/mol. The smallest absolute Gasteiger partial charge is 0.347 e. The quantitative estimate of drug-likeness (QED) is 0.373. The van der Waals surface area contributed by atoms with Gasteiger partial charge in [0.2, 0.25) is 0 Å². The van der Waals surface area contributed by atoms with Crippen LogP contribution < -0.4 is 5.63 Å². The van der Waals surface area contributed by atoms with Crippen molar-refractivity contribution < 1.29 is 4.42 Å². The van der Waals surface area contributed by atoms with Crippen LogP contribution >= 0.6 is 0 Å². The Bertz CT molecular complexity index is 1640. The molecule has 29 heavy (non-hydrogen) atoms. The topological polar surface area (TPSA) is 60.4 Å². The number of imidazole rings is 1. The van der Waals surface area contributed by atoms with Crippen LogP contribution in [0.25, 0.3) is 49.9 Å². The average Bonchev–Trinajstić information content (AvgIpc) is 3.14. The van der Waals surface area contributed by atoms with Gasteiger partial charge in [-0.15, -0.1) is 0 Å². The molecule has 138 valence electrons. The van der Waals surface area contributed by atoms with Crippen molar-refractivity contribution in [2.75, 3.05) is 0 Å². The van der Waals surface area contributed by atoms with Crippen LogP contribution in [0.4, 0.5) is 0 Å². The van der Waals surface area contributed by atoms with Crippen LogP contribution in [0.3, 0.4) is 0 Å². The molecule has 0 spiro atoms. The number of para-hydroxylation sites is 4. The molecule has 0 unspecified atom stereocenters. The lowest BCUT2D eigenvalue weighted by Gasteiger charge is -2.09. The Morgan fingerprint density at radius 2 is 1.66 bits per heavy atom. The van der Waals surface area contributed by atoms with Crippen molar-refractivity contribution in [2.24, 2.45) is 0 Å². The van der Waals surface area contributed by atoms with E-state index in [-0.39, 0.29) is 0 Å². The maximum absolute atomic E-state index is 13.0. The standard InChI is InChI=1S/C24H15N3O2/c1-14-7-6-8-15-13-17(24(28)29-21(14)15)23-25-18-10-3-2-9-16(18)22-26-19-11-4-5-12-20(19)27(22)23/h2-13H,1H3. The highest BCUT2D eigenvalue weighted by Crippen LogP contribution is 2.29. The fraction of sp³-hybridized carbons (Fsp3) is 0.0417. The molecule has 0 saturated carbocycles. The first-order valence-electron chi connectivity index (χ1n) is 9.40. The second-order valence-electron chi connectivity index (χ2n) is 7.15. The summed E-state index contributed by atoms with van der Waals surface area (Å²) in [6.45, 7) is 1.93. The Morgan fingerprint density at radius 1 is 0.862 bits per heavy atom. The van der Waals surface area contributed by atoms with Gasteiger partial charge >= 0.3 is 5.63 Å². The van der Waals surface area contributed by atoms with Gasteiger partial charge in [-0.2, -0.15) is 0 Å². The first kappa shape index (κ1) is 16.0. The normalized spacial score (nSPS) is 11.8. The summed E-state index contributed by atoms with van der Waals surface area (Å²) in [6.07, 6.45) is 0. The van der Waals surface area contributed by atoms with Crippen LogP contribution in [-0.2, 0) is 0 Å². The van der Waals surface area contributed by atoms with Crippen molar-refractivity contribution >= 4 is 38.6 Å². The zero-order valence-corrected chi connectivity index (χ0v) is 15.6. The van der Waals surface area contributed by atoms with E-state index in [1.807, 2.05) is 84.1 Å². The van der Waals surface area contributed by atoms with Gasteiger partial charge in [-0.1, -0.05) is 42.5 Å². The van der Waals surface area contributed by atoms with Gasteiger partial charge in [0.1, 0.15) is 16.8 Å². The molecule has 5 heteroatoms.